The van der Waals surface area contributed by atoms with Crippen LogP contribution in [0.5, 0.6) is 0 Å². The molecular formula is C44H75NO36. The number of carbonyl (C=O) groups excluding carboxylic acids is 1. The van der Waals surface area contributed by atoms with Crippen LogP contribution in [0.25, 0.3) is 0 Å². The van der Waals surface area contributed by atoms with E-state index in [2.05, 4.69) is 5.32 Å². The summed E-state index contributed by atoms with van der Waals surface area (Å²) in [6, 6.07) is -1.56. The average Bonchev–Trinajstić information content (AvgIpc) is 3.44. The largest absolute Gasteiger partial charge is 0.394 e. The van der Waals surface area contributed by atoms with Gasteiger partial charge < -0.3 is 179 Å². The van der Waals surface area contributed by atoms with E-state index in [9.17, 15) is 117 Å². The van der Waals surface area contributed by atoms with Crippen LogP contribution < -0.4 is 5.32 Å². The second-order valence-electron chi connectivity index (χ2n) is 20.3. The number of aliphatic hydroxyl groups is 22. The van der Waals surface area contributed by atoms with Crippen LogP contribution in [0, 0.1) is 0 Å². The molecule has 0 bridgehead atoms. The molecule has 0 aromatic heterocycles. The summed E-state index contributed by atoms with van der Waals surface area (Å²) in [5, 5.41) is 239. The second kappa shape index (κ2) is 28.7. The third-order valence-electron chi connectivity index (χ3n) is 14.9. The van der Waals surface area contributed by atoms with Gasteiger partial charge in [0.25, 0.3) is 0 Å². The van der Waals surface area contributed by atoms with Gasteiger partial charge in [-0.1, -0.05) is 0 Å². The van der Waals surface area contributed by atoms with Crippen molar-refractivity contribution in [2.45, 2.75) is 222 Å². The molecule has 81 heavy (non-hydrogen) atoms. The standard InChI is InChI=1S/C44H75NO36/c1-9(53)45-17-24(60)32(16(8-52)69-38(17)68)76-40-27(63)34(20(56)11(3-47)71-40)78-42-29(65)36(22(58)13(5-49)73-42)80-44-31(67)37(23(59)15(7-51)75-44)81-43-30(66)35(21(57)14(6-50)74-43)79-41-28(64)33(19(55)12(4-48)72-41)77-39-26(62)25(61)18(54)10(2-46)70-39/h10-44,46-52,54-68H,2-8H2,1H3,(H,45,53)/t10-,11-,12-,13-,14-,15-,16-,17-,18+,19+,20-,21+,22-,23-,24-,25+,26-,27+,28-,29+,30-,31+,32-,33+,34+,35+,36+,37+,38+,39-,40-,41-,42-,43-,44-/m1/s1. The van der Waals surface area contributed by atoms with Gasteiger partial charge in [-0.05, 0) is 0 Å². The molecule has 37 heteroatoms. The summed E-state index contributed by atoms with van der Waals surface area (Å²) in [6.07, 6.45) is -67.9. The average molecular weight is 1190 g/mol. The number of nitrogens with one attached hydrogen (secondary N) is 1. The zero-order valence-electron chi connectivity index (χ0n) is 42.7. The highest BCUT2D eigenvalue weighted by atomic mass is 16.8. The van der Waals surface area contributed by atoms with Gasteiger partial charge in [-0.3, -0.25) is 4.79 Å². The molecule has 7 aliphatic heterocycles. The normalized spacial score (nSPS) is 51.9. The molecule has 0 unspecified atom stereocenters. The molecule has 0 radical (unpaired) electrons. The zero-order chi connectivity index (χ0) is 59.6. The van der Waals surface area contributed by atoms with Gasteiger partial charge in [0.1, 0.15) is 171 Å². The summed E-state index contributed by atoms with van der Waals surface area (Å²) in [7, 11) is 0. The molecule has 23 N–H and O–H groups in total. The smallest absolute Gasteiger partial charge is 0.217 e. The zero-order valence-corrected chi connectivity index (χ0v) is 42.7. The maximum atomic E-state index is 11.8. The van der Waals surface area contributed by atoms with Gasteiger partial charge in [0, 0.05) is 6.92 Å². The maximum absolute atomic E-state index is 11.8. The van der Waals surface area contributed by atoms with Gasteiger partial charge >= 0.3 is 0 Å². The first-order chi connectivity index (χ1) is 38.4. The van der Waals surface area contributed by atoms with Crippen molar-refractivity contribution >= 4 is 5.91 Å². The Morgan fingerprint density at radius 1 is 0.296 bits per heavy atom. The number of hydrogen-bond acceptors (Lipinski definition) is 36. The molecule has 7 saturated heterocycles. The number of rotatable bonds is 20. The van der Waals surface area contributed by atoms with E-state index in [0.717, 1.165) is 6.92 Å². The number of amides is 1. The predicted molar refractivity (Wildman–Crippen MR) is 243 cm³/mol. The number of aliphatic hydroxyl groups excluding tert-OH is 22. The Balaban J connectivity index is 1.07. The van der Waals surface area contributed by atoms with Gasteiger partial charge in [0.15, 0.2) is 44.0 Å². The van der Waals surface area contributed by atoms with Crippen LogP contribution in [-0.4, -0.2) is 379 Å². The van der Waals surface area contributed by atoms with E-state index in [1.165, 1.54) is 0 Å². The Labute approximate surface area is 457 Å². The first-order valence-corrected chi connectivity index (χ1v) is 25.6. The molecule has 7 fully saturated rings. The summed E-state index contributed by atoms with van der Waals surface area (Å²) in [5.74, 6) is -0.730. The summed E-state index contributed by atoms with van der Waals surface area (Å²) >= 11 is 0. The first-order valence-electron chi connectivity index (χ1n) is 25.6. The van der Waals surface area contributed by atoms with Crippen LogP contribution in [0.1, 0.15) is 6.92 Å². The molecule has 35 atom stereocenters. The summed E-state index contributed by atoms with van der Waals surface area (Å²) in [4.78, 5) is 11.8. The van der Waals surface area contributed by atoms with E-state index < -0.39 is 267 Å². The SMILES string of the molecule is CC(=O)N[C@@H]1[C@@H](O)[C@H](O[C@H]2O[C@H](CO)[C@@H](O)[C@H](O[C@H]3O[C@H](CO)[C@@H](O)[C@H](O[C@H]4O[C@H](CO)[C@@H](O)[C@H](O[C@H]5O[C@H](CO)[C@H](O)[C@H](O[C@H]6O[C@H](CO)[C@H](O)[C@H](O[C@H]7O[C@H](CO)[C@H](O)[C@H](O)[C@H]7O)[C@H]6O)[C@H]5O)[C@@H]4O)[C@@H]3O)[C@@H]2O)[C@@H](CO)O[C@@H]1O. The van der Waals surface area contributed by atoms with Crippen molar-refractivity contribution in [1.29, 1.82) is 0 Å². The van der Waals surface area contributed by atoms with Gasteiger partial charge in [0.2, 0.25) is 5.91 Å². The Morgan fingerprint density at radius 2 is 0.531 bits per heavy atom. The molecule has 7 heterocycles. The molecule has 37 nitrogen and oxygen atoms in total. The lowest BCUT2D eigenvalue weighted by Gasteiger charge is -2.50. The Morgan fingerprint density at radius 3 is 0.778 bits per heavy atom. The summed E-state index contributed by atoms with van der Waals surface area (Å²) < 4.78 is 72.8. The molecule has 0 saturated carbocycles. The minimum atomic E-state index is -2.34. The fourth-order valence-electron chi connectivity index (χ4n) is 10.4. The molecule has 0 aliphatic carbocycles. The second-order valence-corrected chi connectivity index (χ2v) is 20.3. The van der Waals surface area contributed by atoms with E-state index in [1.807, 2.05) is 0 Å². The first kappa shape index (κ1) is 66.6. The third kappa shape index (κ3) is 13.9. The van der Waals surface area contributed by atoms with Crippen molar-refractivity contribution < 1.29 is 179 Å². The topological polar surface area (TPSA) is 594 Å². The fourth-order valence-corrected chi connectivity index (χ4v) is 10.4. The predicted octanol–water partition coefficient (Wildman–Crippen LogP) is -16.1. The van der Waals surface area contributed by atoms with Gasteiger partial charge in [0.05, 0.1) is 46.2 Å². The van der Waals surface area contributed by atoms with Crippen molar-refractivity contribution in [3.05, 3.63) is 0 Å². The highest BCUT2D eigenvalue weighted by Crippen LogP contribution is 2.38. The highest BCUT2D eigenvalue weighted by Gasteiger charge is 2.59. The van der Waals surface area contributed by atoms with Crippen LogP contribution >= 0.6 is 0 Å². The molecular weight excluding hydrogens is 1120 g/mol. The van der Waals surface area contributed by atoms with Crippen molar-refractivity contribution in [2.24, 2.45) is 0 Å². The van der Waals surface area contributed by atoms with Crippen LogP contribution in [0.15, 0.2) is 0 Å². The minimum Gasteiger partial charge on any atom is -0.394 e. The maximum Gasteiger partial charge on any atom is 0.217 e. The quantitative estimate of drug-likeness (QED) is 0.0538. The van der Waals surface area contributed by atoms with Crippen LogP contribution in [-0.2, 0) is 66.4 Å². The summed E-state index contributed by atoms with van der Waals surface area (Å²) in [5.41, 5.74) is 0. The summed E-state index contributed by atoms with van der Waals surface area (Å²) in [6.45, 7) is -6.04. The van der Waals surface area contributed by atoms with Crippen LogP contribution in [0.4, 0.5) is 0 Å². The van der Waals surface area contributed by atoms with E-state index in [1.54, 1.807) is 0 Å². The molecule has 472 valence electrons. The molecule has 1 amide bonds. The lowest BCUT2D eigenvalue weighted by Crippen LogP contribution is -2.69. The Hall–Kier alpha value is -1.93. The van der Waals surface area contributed by atoms with Crippen molar-refractivity contribution in [3.8, 4) is 0 Å². The van der Waals surface area contributed by atoms with Crippen LogP contribution in [0.2, 0.25) is 0 Å². The molecule has 7 rings (SSSR count). The lowest BCUT2D eigenvalue weighted by molar-refractivity contribution is -0.400. The molecule has 0 aromatic rings. The Kier molecular flexibility index (Phi) is 23.6. The molecule has 0 aromatic carbocycles. The lowest BCUT2D eigenvalue weighted by atomic mass is 9.94. The number of carbonyl (C=O) groups is 1. The fraction of sp³-hybridized carbons (Fsp3) is 0.977. The monoisotopic (exact) mass is 1190 g/mol. The van der Waals surface area contributed by atoms with E-state index in [-0.39, 0.29) is 0 Å². The van der Waals surface area contributed by atoms with Crippen molar-refractivity contribution in [2.75, 3.05) is 46.2 Å². The Bertz CT molecular complexity index is 1940. The van der Waals surface area contributed by atoms with Crippen molar-refractivity contribution in [3.63, 3.8) is 0 Å². The van der Waals surface area contributed by atoms with Gasteiger partial charge in [-0.2, -0.15) is 0 Å². The minimum absolute atomic E-state index is 0.730. The van der Waals surface area contributed by atoms with Gasteiger partial charge in [-0.15, -0.1) is 0 Å². The van der Waals surface area contributed by atoms with Gasteiger partial charge in [-0.25, -0.2) is 0 Å². The highest BCUT2D eigenvalue weighted by molar-refractivity contribution is 5.73. The number of hydrogen-bond donors (Lipinski definition) is 23. The third-order valence-corrected chi connectivity index (χ3v) is 14.9. The number of ether oxygens (including phenoxy) is 13. The molecule has 7 aliphatic rings. The van der Waals surface area contributed by atoms with E-state index in [0.29, 0.717) is 0 Å². The van der Waals surface area contributed by atoms with E-state index >= 15 is 0 Å². The molecule has 0 spiro atoms. The van der Waals surface area contributed by atoms with E-state index in [4.69, 9.17) is 61.6 Å². The van der Waals surface area contributed by atoms with Crippen molar-refractivity contribution in [1.82, 2.24) is 5.32 Å². The van der Waals surface area contributed by atoms with Crippen LogP contribution in [0.3, 0.4) is 0 Å².